The van der Waals surface area contributed by atoms with E-state index in [-0.39, 0.29) is 11.9 Å². The lowest BCUT2D eigenvalue weighted by molar-refractivity contribution is -0.127. The lowest BCUT2D eigenvalue weighted by Crippen LogP contribution is -2.49. The van der Waals surface area contributed by atoms with Crippen LogP contribution in [-0.4, -0.2) is 39.7 Å². The third-order valence-corrected chi connectivity index (χ3v) is 4.80. The van der Waals surface area contributed by atoms with E-state index in [1.807, 2.05) is 6.07 Å². The van der Waals surface area contributed by atoms with Crippen LogP contribution in [0.4, 0.5) is 0 Å². The van der Waals surface area contributed by atoms with E-state index in [4.69, 9.17) is 11.6 Å². The van der Waals surface area contributed by atoms with Crippen LogP contribution in [0.1, 0.15) is 31.2 Å². The van der Waals surface area contributed by atoms with Crippen LogP contribution in [0.25, 0.3) is 0 Å². The van der Waals surface area contributed by atoms with Crippen LogP contribution < -0.4 is 5.32 Å². The van der Waals surface area contributed by atoms with Crippen molar-refractivity contribution in [2.24, 2.45) is 0 Å². The van der Waals surface area contributed by atoms with Crippen molar-refractivity contribution in [3.8, 4) is 0 Å². The van der Waals surface area contributed by atoms with Crippen molar-refractivity contribution in [1.82, 2.24) is 20.0 Å². The number of nitrogens with zero attached hydrogens (tertiary/aromatic N) is 3. The average molecular weight is 361 g/mol. The maximum absolute atomic E-state index is 12.6. The third kappa shape index (κ3) is 5.31. The van der Waals surface area contributed by atoms with Crippen LogP contribution in [0.5, 0.6) is 0 Å². The van der Waals surface area contributed by atoms with Crippen molar-refractivity contribution in [3.05, 3.63) is 53.3 Å². The first kappa shape index (κ1) is 18.0. The van der Waals surface area contributed by atoms with E-state index in [2.05, 4.69) is 39.6 Å². The Morgan fingerprint density at radius 2 is 2.12 bits per heavy atom. The van der Waals surface area contributed by atoms with Gasteiger partial charge in [0.1, 0.15) is 0 Å². The van der Waals surface area contributed by atoms with E-state index in [1.165, 1.54) is 5.56 Å². The van der Waals surface area contributed by atoms with Gasteiger partial charge in [0.25, 0.3) is 0 Å². The van der Waals surface area contributed by atoms with Crippen molar-refractivity contribution >= 4 is 17.5 Å². The standard InChI is InChI=1S/C19H25ClN4O/c20-17-13-22-24(15-17)12-6-10-21-19(25)18-9-4-5-11-23(18)14-16-7-2-1-3-8-16/h1-3,7-8,13,15,18H,4-6,9-12,14H2,(H,21,25)/t18-/m1/s1. The largest absolute Gasteiger partial charge is 0.355 e. The van der Waals surface area contributed by atoms with Gasteiger partial charge in [0.05, 0.1) is 17.3 Å². The van der Waals surface area contributed by atoms with Crippen molar-refractivity contribution in [2.75, 3.05) is 13.1 Å². The summed E-state index contributed by atoms with van der Waals surface area (Å²) in [5.74, 6) is 0.147. The lowest BCUT2D eigenvalue weighted by Gasteiger charge is -2.34. The Balaban J connectivity index is 1.47. The van der Waals surface area contributed by atoms with Gasteiger partial charge in [-0.2, -0.15) is 5.10 Å². The molecule has 0 unspecified atom stereocenters. The van der Waals surface area contributed by atoms with Gasteiger partial charge in [-0.25, -0.2) is 0 Å². The van der Waals surface area contributed by atoms with E-state index in [0.29, 0.717) is 11.6 Å². The van der Waals surface area contributed by atoms with Crippen LogP contribution >= 0.6 is 11.6 Å². The Labute approximate surface area is 154 Å². The molecule has 2 heterocycles. The molecular weight excluding hydrogens is 336 g/mol. The summed E-state index contributed by atoms with van der Waals surface area (Å²) in [6.45, 7) is 3.24. The smallest absolute Gasteiger partial charge is 0.237 e. The van der Waals surface area contributed by atoms with Crippen molar-refractivity contribution in [1.29, 1.82) is 0 Å². The second kappa shape index (κ2) is 9.02. The van der Waals surface area contributed by atoms with Crippen LogP contribution in [0.3, 0.4) is 0 Å². The maximum atomic E-state index is 12.6. The van der Waals surface area contributed by atoms with Gasteiger partial charge in [-0.1, -0.05) is 48.4 Å². The molecule has 1 aliphatic heterocycles. The van der Waals surface area contributed by atoms with Crippen LogP contribution in [0.15, 0.2) is 42.7 Å². The van der Waals surface area contributed by atoms with Gasteiger partial charge < -0.3 is 5.32 Å². The molecule has 1 saturated heterocycles. The second-order valence-corrected chi connectivity index (χ2v) is 6.97. The van der Waals surface area contributed by atoms with Gasteiger partial charge in [0.2, 0.25) is 5.91 Å². The van der Waals surface area contributed by atoms with Gasteiger partial charge in [0.15, 0.2) is 0 Å². The molecule has 2 aromatic rings. The summed E-state index contributed by atoms with van der Waals surface area (Å²) in [6, 6.07) is 10.4. The molecule has 0 radical (unpaired) electrons. The first-order chi connectivity index (χ1) is 12.2. The highest BCUT2D eigenvalue weighted by atomic mass is 35.5. The van der Waals surface area contributed by atoms with E-state index < -0.39 is 0 Å². The minimum absolute atomic E-state index is 0.0203. The van der Waals surface area contributed by atoms with Crippen molar-refractivity contribution in [2.45, 2.75) is 44.8 Å². The van der Waals surface area contributed by atoms with Gasteiger partial charge in [-0.15, -0.1) is 0 Å². The molecule has 0 saturated carbocycles. The fourth-order valence-corrected chi connectivity index (χ4v) is 3.48. The number of likely N-dealkylation sites (tertiary alicyclic amines) is 1. The van der Waals surface area contributed by atoms with Crippen molar-refractivity contribution in [3.63, 3.8) is 0 Å². The Morgan fingerprint density at radius 3 is 2.88 bits per heavy atom. The summed E-state index contributed by atoms with van der Waals surface area (Å²) in [6.07, 6.45) is 7.49. The number of hydrogen-bond donors (Lipinski definition) is 1. The molecular formula is C19H25ClN4O. The molecule has 1 amide bonds. The summed E-state index contributed by atoms with van der Waals surface area (Å²) in [5, 5.41) is 7.88. The minimum atomic E-state index is -0.0203. The molecule has 3 rings (SSSR count). The van der Waals surface area contributed by atoms with E-state index >= 15 is 0 Å². The number of carbonyl (C=O) groups is 1. The monoisotopic (exact) mass is 360 g/mol. The molecule has 0 spiro atoms. The zero-order chi connectivity index (χ0) is 17.5. The zero-order valence-electron chi connectivity index (χ0n) is 14.4. The fourth-order valence-electron chi connectivity index (χ4n) is 3.33. The Morgan fingerprint density at radius 1 is 1.28 bits per heavy atom. The molecule has 134 valence electrons. The quantitative estimate of drug-likeness (QED) is 0.772. The summed E-state index contributed by atoms with van der Waals surface area (Å²) in [5.41, 5.74) is 1.26. The van der Waals surface area contributed by atoms with Crippen LogP contribution in [-0.2, 0) is 17.9 Å². The predicted molar refractivity (Wildman–Crippen MR) is 99.4 cm³/mol. The summed E-state index contributed by atoms with van der Waals surface area (Å²) >= 11 is 5.85. The minimum Gasteiger partial charge on any atom is -0.355 e. The number of hydrogen-bond acceptors (Lipinski definition) is 3. The number of aromatic nitrogens is 2. The number of piperidine rings is 1. The number of halogens is 1. The molecule has 25 heavy (non-hydrogen) atoms. The Hall–Kier alpha value is -1.85. The third-order valence-electron chi connectivity index (χ3n) is 4.61. The van der Waals surface area contributed by atoms with Crippen LogP contribution in [0, 0.1) is 0 Å². The number of carbonyl (C=O) groups excluding carboxylic acids is 1. The van der Waals surface area contributed by atoms with Gasteiger partial charge in [0, 0.05) is 25.8 Å². The second-order valence-electron chi connectivity index (χ2n) is 6.53. The Kier molecular flexibility index (Phi) is 6.48. The van der Waals surface area contributed by atoms with Gasteiger partial charge >= 0.3 is 0 Å². The fraction of sp³-hybridized carbons (Fsp3) is 0.474. The average Bonchev–Trinajstić information content (AvgIpc) is 3.05. The van der Waals surface area contributed by atoms with Gasteiger partial charge in [-0.05, 0) is 31.4 Å². The number of nitrogens with one attached hydrogen (secondary N) is 1. The molecule has 6 heteroatoms. The maximum Gasteiger partial charge on any atom is 0.237 e. The highest BCUT2D eigenvalue weighted by Gasteiger charge is 2.28. The molecule has 1 atom stereocenters. The lowest BCUT2D eigenvalue weighted by atomic mass is 10.0. The number of rotatable bonds is 7. The number of aryl methyl sites for hydroxylation is 1. The molecule has 0 aliphatic carbocycles. The van der Waals surface area contributed by atoms with E-state index in [9.17, 15) is 4.79 Å². The molecule has 1 N–H and O–H groups in total. The SMILES string of the molecule is O=C(NCCCn1cc(Cl)cn1)[C@H]1CCCCN1Cc1ccccc1. The molecule has 1 aliphatic rings. The van der Waals surface area contributed by atoms with E-state index in [0.717, 1.165) is 45.3 Å². The van der Waals surface area contributed by atoms with E-state index in [1.54, 1.807) is 17.1 Å². The molecule has 5 nitrogen and oxygen atoms in total. The Bertz CT molecular complexity index is 673. The van der Waals surface area contributed by atoms with Crippen LogP contribution in [0.2, 0.25) is 5.02 Å². The number of benzene rings is 1. The zero-order valence-corrected chi connectivity index (χ0v) is 15.2. The highest BCUT2D eigenvalue weighted by Crippen LogP contribution is 2.19. The summed E-state index contributed by atoms with van der Waals surface area (Å²) < 4.78 is 1.80. The molecule has 1 aromatic carbocycles. The topological polar surface area (TPSA) is 50.2 Å². The first-order valence-electron chi connectivity index (χ1n) is 8.96. The first-order valence-corrected chi connectivity index (χ1v) is 9.34. The molecule has 1 aromatic heterocycles. The molecule has 0 bridgehead atoms. The summed E-state index contributed by atoms with van der Waals surface area (Å²) in [4.78, 5) is 14.9. The highest BCUT2D eigenvalue weighted by molar-refractivity contribution is 6.30. The van der Waals surface area contributed by atoms with Crippen molar-refractivity contribution < 1.29 is 4.79 Å². The summed E-state index contributed by atoms with van der Waals surface area (Å²) in [7, 11) is 0. The number of amides is 1. The van der Waals surface area contributed by atoms with Gasteiger partial charge in [-0.3, -0.25) is 14.4 Å². The molecule has 1 fully saturated rings. The predicted octanol–water partition coefficient (Wildman–Crippen LogP) is 3.10. The normalized spacial score (nSPS) is 18.2.